The zero-order chi connectivity index (χ0) is 17.8. The smallest absolute Gasteiger partial charge is 0.254 e. The molecule has 1 heterocycles. The molecule has 1 aliphatic heterocycles. The summed E-state index contributed by atoms with van der Waals surface area (Å²) >= 11 is 0. The second-order valence-corrected chi connectivity index (χ2v) is 6.13. The minimum Gasteiger partial charge on any atom is -0.367 e. The number of benzene rings is 2. The molecule has 2 amide bonds. The summed E-state index contributed by atoms with van der Waals surface area (Å²) in [6, 6.07) is 16.5. The van der Waals surface area contributed by atoms with Gasteiger partial charge in [0.2, 0.25) is 5.91 Å². The molecule has 130 valence electrons. The van der Waals surface area contributed by atoms with Gasteiger partial charge >= 0.3 is 0 Å². The van der Waals surface area contributed by atoms with Crippen molar-refractivity contribution in [3.63, 3.8) is 0 Å². The summed E-state index contributed by atoms with van der Waals surface area (Å²) in [5.41, 5.74) is 2.85. The number of methoxy groups -OCH3 is 1. The number of carbonyl (C=O) groups excluding carboxylic acids is 2. The Morgan fingerprint density at radius 2 is 1.76 bits per heavy atom. The maximum Gasteiger partial charge on any atom is 0.254 e. The van der Waals surface area contributed by atoms with Crippen LogP contribution in [0.1, 0.15) is 24.2 Å². The van der Waals surface area contributed by atoms with Crippen molar-refractivity contribution >= 4 is 17.5 Å². The average Bonchev–Trinajstić information content (AvgIpc) is 3.06. The minimum absolute atomic E-state index is 0.110. The Bertz CT molecular complexity index is 761. The maximum atomic E-state index is 12.8. The molecule has 0 aromatic heterocycles. The number of carbonyl (C=O) groups is 2. The van der Waals surface area contributed by atoms with Gasteiger partial charge in [-0.25, -0.2) is 0 Å². The Balaban J connectivity index is 1.68. The van der Waals surface area contributed by atoms with Gasteiger partial charge in [-0.1, -0.05) is 48.5 Å². The summed E-state index contributed by atoms with van der Waals surface area (Å²) in [7, 11) is 1.49. The molecule has 2 aromatic rings. The van der Waals surface area contributed by atoms with Crippen LogP contribution in [0.4, 0.5) is 5.69 Å². The van der Waals surface area contributed by atoms with E-state index < -0.39 is 12.1 Å². The van der Waals surface area contributed by atoms with E-state index in [0.29, 0.717) is 6.54 Å². The van der Waals surface area contributed by atoms with E-state index in [1.165, 1.54) is 7.11 Å². The first-order chi connectivity index (χ1) is 12.1. The van der Waals surface area contributed by atoms with Crippen molar-refractivity contribution in [2.75, 3.05) is 18.6 Å². The summed E-state index contributed by atoms with van der Waals surface area (Å²) < 4.78 is 5.32. The van der Waals surface area contributed by atoms with Crippen LogP contribution in [-0.4, -0.2) is 31.5 Å². The first kappa shape index (κ1) is 17.2. The Hall–Kier alpha value is -2.66. The molecular formula is C20H22N2O3. The number of rotatable bonds is 5. The van der Waals surface area contributed by atoms with Crippen LogP contribution in [-0.2, 0) is 20.7 Å². The van der Waals surface area contributed by atoms with Gasteiger partial charge in [-0.3, -0.25) is 9.59 Å². The number of ether oxygens (including phenoxy) is 1. The molecule has 5 heteroatoms. The van der Waals surface area contributed by atoms with Gasteiger partial charge in [0.15, 0.2) is 6.10 Å². The van der Waals surface area contributed by atoms with Crippen molar-refractivity contribution in [1.82, 2.24) is 5.32 Å². The largest absolute Gasteiger partial charge is 0.367 e. The molecule has 1 N–H and O–H groups in total. The first-order valence-corrected chi connectivity index (χ1v) is 8.39. The maximum absolute atomic E-state index is 12.8. The number of nitrogens with zero attached hydrogens (tertiary/aromatic N) is 1. The number of hydrogen-bond donors (Lipinski definition) is 1. The SMILES string of the molecule is CO[C@@H](C(=O)NC(C)C(=O)N1CCc2ccccc21)c1ccccc1. The highest BCUT2D eigenvalue weighted by Gasteiger charge is 2.30. The van der Waals surface area contributed by atoms with Crippen LogP contribution >= 0.6 is 0 Å². The standard InChI is InChI=1S/C20H22N2O3/c1-14(20(24)22-13-12-15-8-6-7-11-17(15)22)21-19(23)18(25-2)16-9-4-3-5-10-16/h3-11,14,18H,12-13H2,1-2H3,(H,21,23)/t14?,18-/m1/s1. The minimum atomic E-state index is -0.734. The quantitative estimate of drug-likeness (QED) is 0.911. The molecule has 0 aliphatic carbocycles. The summed E-state index contributed by atoms with van der Waals surface area (Å²) in [5, 5.41) is 2.78. The lowest BCUT2D eigenvalue weighted by Gasteiger charge is -2.24. The molecule has 1 unspecified atom stereocenters. The van der Waals surface area contributed by atoms with Gasteiger partial charge in [0.05, 0.1) is 0 Å². The van der Waals surface area contributed by atoms with E-state index in [0.717, 1.165) is 23.2 Å². The van der Waals surface area contributed by atoms with Gasteiger partial charge in [-0.05, 0) is 30.5 Å². The van der Waals surface area contributed by atoms with Crippen molar-refractivity contribution in [3.05, 3.63) is 65.7 Å². The lowest BCUT2D eigenvalue weighted by Crippen LogP contribution is -2.48. The fraction of sp³-hybridized carbons (Fsp3) is 0.300. The van der Waals surface area contributed by atoms with E-state index in [9.17, 15) is 9.59 Å². The predicted molar refractivity (Wildman–Crippen MR) is 96.3 cm³/mol. The molecule has 0 fully saturated rings. The number of nitrogens with one attached hydrogen (secondary N) is 1. The zero-order valence-corrected chi connectivity index (χ0v) is 14.4. The molecule has 0 bridgehead atoms. The van der Waals surface area contributed by atoms with Crippen LogP contribution in [0.5, 0.6) is 0 Å². The Kier molecular flexibility index (Phi) is 5.14. The number of fused-ring (bicyclic) bond motifs is 1. The van der Waals surface area contributed by atoms with Crippen LogP contribution in [0.3, 0.4) is 0 Å². The predicted octanol–water partition coefficient (Wildman–Crippen LogP) is 2.47. The Morgan fingerprint density at radius 1 is 1.08 bits per heavy atom. The molecule has 0 saturated heterocycles. The molecule has 0 spiro atoms. The van der Waals surface area contributed by atoms with Gasteiger partial charge in [0.25, 0.3) is 5.91 Å². The topological polar surface area (TPSA) is 58.6 Å². The summed E-state index contributed by atoms with van der Waals surface area (Å²) in [5.74, 6) is -0.428. The Morgan fingerprint density at radius 3 is 2.48 bits per heavy atom. The van der Waals surface area contributed by atoms with E-state index in [4.69, 9.17) is 4.74 Å². The second-order valence-electron chi connectivity index (χ2n) is 6.13. The molecule has 0 saturated carbocycles. The number of hydrogen-bond acceptors (Lipinski definition) is 3. The van der Waals surface area contributed by atoms with E-state index >= 15 is 0 Å². The number of anilines is 1. The van der Waals surface area contributed by atoms with E-state index in [-0.39, 0.29) is 11.8 Å². The summed E-state index contributed by atoms with van der Waals surface area (Å²) in [4.78, 5) is 27.0. The highest BCUT2D eigenvalue weighted by atomic mass is 16.5. The van der Waals surface area contributed by atoms with Crippen LogP contribution in [0.2, 0.25) is 0 Å². The van der Waals surface area contributed by atoms with Crippen molar-refractivity contribution in [3.8, 4) is 0 Å². The van der Waals surface area contributed by atoms with Crippen molar-refractivity contribution < 1.29 is 14.3 Å². The van der Waals surface area contributed by atoms with Crippen LogP contribution in [0.25, 0.3) is 0 Å². The van der Waals surface area contributed by atoms with Gasteiger partial charge in [0, 0.05) is 19.3 Å². The first-order valence-electron chi connectivity index (χ1n) is 8.39. The van der Waals surface area contributed by atoms with Crippen molar-refractivity contribution in [1.29, 1.82) is 0 Å². The molecule has 2 aromatic carbocycles. The van der Waals surface area contributed by atoms with Gasteiger partial charge in [-0.15, -0.1) is 0 Å². The monoisotopic (exact) mass is 338 g/mol. The normalized spacial score (nSPS) is 15.4. The van der Waals surface area contributed by atoms with E-state index in [1.807, 2.05) is 54.6 Å². The van der Waals surface area contributed by atoms with E-state index in [1.54, 1.807) is 11.8 Å². The highest BCUT2D eigenvalue weighted by Crippen LogP contribution is 2.28. The third-order valence-electron chi connectivity index (χ3n) is 4.46. The van der Waals surface area contributed by atoms with Gasteiger partial charge in [0.1, 0.15) is 6.04 Å². The molecule has 3 rings (SSSR count). The fourth-order valence-electron chi connectivity index (χ4n) is 3.17. The molecule has 5 nitrogen and oxygen atoms in total. The van der Waals surface area contributed by atoms with Crippen LogP contribution in [0.15, 0.2) is 54.6 Å². The fourth-order valence-corrected chi connectivity index (χ4v) is 3.17. The van der Waals surface area contributed by atoms with Crippen LogP contribution < -0.4 is 10.2 Å². The summed E-state index contributed by atoms with van der Waals surface area (Å²) in [6.45, 7) is 2.35. The lowest BCUT2D eigenvalue weighted by molar-refractivity contribution is -0.134. The molecule has 0 radical (unpaired) electrons. The number of amides is 2. The Labute approximate surface area is 147 Å². The third-order valence-corrected chi connectivity index (χ3v) is 4.46. The molecule has 2 atom stereocenters. The lowest BCUT2D eigenvalue weighted by atomic mass is 10.1. The molecule has 25 heavy (non-hydrogen) atoms. The van der Waals surface area contributed by atoms with Gasteiger partial charge in [-0.2, -0.15) is 0 Å². The average molecular weight is 338 g/mol. The van der Waals surface area contributed by atoms with E-state index in [2.05, 4.69) is 5.32 Å². The van der Waals surface area contributed by atoms with Crippen molar-refractivity contribution in [2.24, 2.45) is 0 Å². The third kappa shape index (κ3) is 3.56. The molecular weight excluding hydrogens is 316 g/mol. The zero-order valence-electron chi connectivity index (χ0n) is 14.4. The summed E-state index contributed by atoms with van der Waals surface area (Å²) in [6.07, 6.45) is 0.107. The van der Waals surface area contributed by atoms with Crippen LogP contribution in [0, 0.1) is 0 Å². The second kappa shape index (κ2) is 7.49. The van der Waals surface area contributed by atoms with Crippen molar-refractivity contribution in [2.45, 2.75) is 25.5 Å². The molecule has 1 aliphatic rings. The number of para-hydroxylation sites is 1. The highest BCUT2D eigenvalue weighted by molar-refractivity contribution is 6.00. The van der Waals surface area contributed by atoms with Gasteiger partial charge < -0.3 is 15.0 Å².